The zero-order valence-corrected chi connectivity index (χ0v) is 13.2. The maximum atomic E-state index is 11.9. The number of nitrogens with one attached hydrogen (secondary N) is 2. The lowest BCUT2D eigenvalue weighted by Gasteiger charge is -2.06. The van der Waals surface area contributed by atoms with E-state index in [9.17, 15) is 14.4 Å². The first-order valence-electron chi connectivity index (χ1n) is 7.31. The molecule has 0 saturated carbocycles. The summed E-state index contributed by atoms with van der Waals surface area (Å²) in [6.45, 7) is -0.439. The molecule has 0 radical (unpaired) electrons. The topological polar surface area (TPSA) is 113 Å². The van der Waals surface area contributed by atoms with Gasteiger partial charge in [0.15, 0.2) is 0 Å². The number of hydrogen-bond donors (Lipinski definition) is 3. The van der Waals surface area contributed by atoms with Crippen molar-refractivity contribution in [2.24, 2.45) is 7.05 Å². The fourth-order valence-corrected chi connectivity index (χ4v) is 2.05. The number of anilines is 1. The van der Waals surface area contributed by atoms with Crippen LogP contribution < -0.4 is 10.6 Å². The van der Waals surface area contributed by atoms with Gasteiger partial charge in [0, 0.05) is 30.9 Å². The number of hydrogen-bond acceptors (Lipinski definition) is 4. The predicted octanol–water partition coefficient (Wildman–Crippen LogP) is 0.806. The van der Waals surface area contributed by atoms with E-state index in [1.54, 1.807) is 23.0 Å². The molecule has 8 heteroatoms. The standard InChI is InChI=1S/C16H18N4O4/c1-20-10-11(8-18-20)2-7-14(21)19-13-5-3-12(4-6-13)16(24)17-9-15(22)23/h3-6,8,10H,2,7,9H2,1H3,(H,17,24)(H,19,21)(H,22,23). The third kappa shape index (κ3) is 5.24. The molecule has 3 N–H and O–H groups in total. The van der Waals surface area contributed by atoms with E-state index in [0.29, 0.717) is 24.1 Å². The van der Waals surface area contributed by atoms with E-state index in [1.165, 1.54) is 12.1 Å². The fourth-order valence-electron chi connectivity index (χ4n) is 2.05. The van der Waals surface area contributed by atoms with Crippen LogP contribution in [-0.4, -0.2) is 39.2 Å². The first kappa shape index (κ1) is 17.2. The molecule has 0 unspecified atom stereocenters. The lowest BCUT2D eigenvalue weighted by Crippen LogP contribution is -2.29. The average molecular weight is 330 g/mol. The Morgan fingerprint density at radius 3 is 2.50 bits per heavy atom. The minimum atomic E-state index is -1.11. The van der Waals surface area contributed by atoms with Gasteiger partial charge in [-0.15, -0.1) is 0 Å². The van der Waals surface area contributed by atoms with Crippen LogP contribution in [0.25, 0.3) is 0 Å². The summed E-state index contributed by atoms with van der Waals surface area (Å²) in [5, 5.41) is 17.6. The monoisotopic (exact) mass is 330 g/mol. The SMILES string of the molecule is Cn1cc(CCC(=O)Nc2ccc(C(=O)NCC(=O)O)cc2)cn1. The number of aromatic nitrogens is 2. The molecule has 0 aliphatic carbocycles. The molecule has 0 atom stereocenters. The number of aliphatic carboxylic acids is 1. The summed E-state index contributed by atoms with van der Waals surface area (Å²) in [4.78, 5) is 34.0. The molecule has 0 spiro atoms. The second kappa shape index (κ2) is 7.91. The van der Waals surface area contributed by atoms with Gasteiger partial charge >= 0.3 is 5.97 Å². The summed E-state index contributed by atoms with van der Waals surface area (Å²) < 4.78 is 1.68. The molecule has 0 bridgehead atoms. The Labute approximate surface area is 138 Å². The Hall–Kier alpha value is -3.16. The highest BCUT2D eigenvalue weighted by Gasteiger charge is 2.08. The van der Waals surface area contributed by atoms with Gasteiger partial charge in [-0.05, 0) is 36.2 Å². The molecule has 1 aromatic heterocycles. The van der Waals surface area contributed by atoms with Gasteiger partial charge in [0.25, 0.3) is 5.91 Å². The number of nitrogens with zero attached hydrogens (tertiary/aromatic N) is 2. The van der Waals surface area contributed by atoms with Gasteiger partial charge in [-0.3, -0.25) is 19.1 Å². The van der Waals surface area contributed by atoms with Crippen LogP contribution in [-0.2, 0) is 23.1 Å². The van der Waals surface area contributed by atoms with Gasteiger partial charge in [-0.1, -0.05) is 0 Å². The van der Waals surface area contributed by atoms with Crippen LogP contribution in [0.15, 0.2) is 36.7 Å². The lowest BCUT2D eigenvalue weighted by molar-refractivity contribution is -0.135. The van der Waals surface area contributed by atoms with E-state index in [0.717, 1.165) is 5.56 Å². The Balaban J connectivity index is 1.83. The second-order valence-corrected chi connectivity index (χ2v) is 5.22. The van der Waals surface area contributed by atoms with Gasteiger partial charge in [0.05, 0.1) is 6.20 Å². The first-order valence-corrected chi connectivity index (χ1v) is 7.31. The van der Waals surface area contributed by atoms with Gasteiger partial charge < -0.3 is 15.7 Å². The number of carboxylic acids is 1. The van der Waals surface area contributed by atoms with Crippen molar-refractivity contribution in [2.45, 2.75) is 12.8 Å². The van der Waals surface area contributed by atoms with Crippen LogP contribution >= 0.6 is 0 Å². The highest BCUT2D eigenvalue weighted by molar-refractivity contribution is 5.97. The maximum Gasteiger partial charge on any atom is 0.322 e. The van der Waals surface area contributed by atoms with Crippen molar-refractivity contribution in [3.63, 3.8) is 0 Å². The van der Waals surface area contributed by atoms with E-state index in [1.807, 2.05) is 13.2 Å². The van der Waals surface area contributed by atoms with Crippen LogP contribution in [0.1, 0.15) is 22.3 Å². The van der Waals surface area contributed by atoms with Crippen molar-refractivity contribution in [3.8, 4) is 0 Å². The molecular formula is C16H18N4O4. The highest BCUT2D eigenvalue weighted by atomic mass is 16.4. The summed E-state index contributed by atoms with van der Waals surface area (Å²) in [5.74, 6) is -1.73. The van der Waals surface area contributed by atoms with Gasteiger partial charge in [0.1, 0.15) is 6.54 Å². The normalized spacial score (nSPS) is 10.2. The molecule has 0 aliphatic heterocycles. The van der Waals surface area contributed by atoms with Crippen molar-refractivity contribution in [1.29, 1.82) is 0 Å². The van der Waals surface area contributed by atoms with Crippen LogP contribution in [0.2, 0.25) is 0 Å². The first-order chi connectivity index (χ1) is 11.4. The molecule has 126 valence electrons. The number of carbonyl (C=O) groups excluding carboxylic acids is 2. The molecule has 0 fully saturated rings. The molecule has 1 aromatic carbocycles. The molecule has 1 heterocycles. The molecule has 2 amide bonds. The number of carboxylic acid groups (broad SMARTS) is 1. The lowest BCUT2D eigenvalue weighted by atomic mass is 10.1. The van der Waals surface area contributed by atoms with Crippen LogP contribution in [0.4, 0.5) is 5.69 Å². The largest absolute Gasteiger partial charge is 0.480 e. The summed E-state index contributed by atoms with van der Waals surface area (Å²) in [7, 11) is 1.82. The van der Waals surface area contributed by atoms with Crippen molar-refractivity contribution in [3.05, 3.63) is 47.8 Å². The Morgan fingerprint density at radius 2 is 1.92 bits per heavy atom. The van der Waals surface area contributed by atoms with E-state index in [-0.39, 0.29) is 5.91 Å². The summed E-state index contributed by atoms with van der Waals surface area (Å²) in [5.41, 5.74) is 1.88. The number of benzene rings is 1. The Morgan fingerprint density at radius 1 is 1.21 bits per heavy atom. The fraction of sp³-hybridized carbons (Fsp3) is 0.250. The Kier molecular flexibility index (Phi) is 5.67. The van der Waals surface area contributed by atoms with Crippen molar-refractivity contribution < 1.29 is 19.5 Å². The molecular weight excluding hydrogens is 312 g/mol. The third-order valence-electron chi connectivity index (χ3n) is 3.23. The second-order valence-electron chi connectivity index (χ2n) is 5.22. The molecule has 8 nitrogen and oxygen atoms in total. The van der Waals surface area contributed by atoms with Crippen molar-refractivity contribution in [2.75, 3.05) is 11.9 Å². The zero-order valence-electron chi connectivity index (χ0n) is 13.2. The number of rotatable bonds is 7. The van der Waals surface area contributed by atoms with Crippen molar-refractivity contribution in [1.82, 2.24) is 15.1 Å². The maximum absolute atomic E-state index is 11.9. The van der Waals surface area contributed by atoms with Crippen LogP contribution in [0.5, 0.6) is 0 Å². The van der Waals surface area contributed by atoms with Gasteiger partial charge in [-0.25, -0.2) is 0 Å². The predicted molar refractivity (Wildman–Crippen MR) is 86.6 cm³/mol. The minimum absolute atomic E-state index is 0.137. The number of amides is 2. The number of carbonyl (C=O) groups is 3. The van der Waals surface area contributed by atoms with E-state index in [4.69, 9.17) is 5.11 Å². The zero-order chi connectivity index (χ0) is 17.5. The van der Waals surface area contributed by atoms with E-state index in [2.05, 4.69) is 15.7 Å². The third-order valence-corrected chi connectivity index (χ3v) is 3.23. The van der Waals surface area contributed by atoms with E-state index >= 15 is 0 Å². The van der Waals surface area contributed by atoms with Gasteiger partial charge in [0.2, 0.25) is 5.91 Å². The summed E-state index contributed by atoms with van der Waals surface area (Å²) >= 11 is 0. The highest BCUT2D eigenvalue weighted by Crippen LogP contribution is 2.11. The van der Waals surface area contributed by atoms with E-state index < -0.39 is 18.4 Å². The summed E-state index contributed by atoms with van der Waals surface area (Å²) in [6.07, 6.45) is 4.50. The minimum Gasteiger partial charge on any atom is -0.480 e. The number of aryl methyl sites for hydroxylation is 2. The molecule has 0 aliphatic rings. The molecule has 2 rings (SSSR count). The smallest absolute Gasteiger partial charge is 0.322 e. The Bertz CT molecular complexity index is 737. The van der Waals surface area contributed by atoms with Crippen molar-refractivity contribution >= 4 is 23.5 Å². The molecule has 0 saturated heterocycles. The molecule has 2 aromatic rings. The van der Waals surface area contributed by atoms with Crippen LogP contribution in [0.3, 0.4) is 0 Å². The average Bonchev–Trinajstić information content (AvgIpc) is 2.97. The van der Waals surface area contributed by atoms with Gasteiger partial charge in [-0.2, -0.15) is 5.10 Å². The van der Waals surface area contributed by atoms with Crippen LogP contribution in [0, 0.1) is 0 Å². The summed E-state index contributed by atoms with van der Waals surface area (Å²) in [6, 6.07) is 6.23. The molecule has 24 heavy (non-hydrogen) atoms. The quantitative estimate of drug-likeness (QED) is 0.695.